The first-order chi connectivity index (χ1) is 5.31. The molecule has 0 saturated carbocycles. The van der Waals surface area contributed by atoms with Gasteiger partial charge in [0.15, 0.2) is 8.32 Å². The van der Waals surface area contributed by atoms with Gasteiger partial charge in [-0.3, -0.25) is 0 Å². The Balaban J connectivity index is 2.57. The summed E-state index contributed by atoms with van der Waals surface area (Å²) in [6.07, 6.45) is 0.0900. The second-order valence-electron chi connectivity index (χ2n) is 3.86. The van der Waals surface area contributed by atoms with Crippen molar-refractivity contribution in [2.75, 3.05) is 6.61 Å². The second-order valence-corrected chi connectivity index (χ2v) is 11.5. The van der Waals surface area contributed by atoms with E-state index >= 15 is 0 Å². The van der Waals surface area contributed by atoms with Gasteiger partial charge in [-0.05, 0) is 38.4 Å². The van der Waals surface area contributed by atoms with E-state index in [2.05, 4.69) is 19.6 Å². The molecule has 6 heteroatoms. The van der Waals surface area contributed by atoms with Gasteiger partial charge in [0.2, 0.25) is 0 Å². The van der Waals surface area contributed by atoms with E-state index in [-0.39, 0.29) is 6.10 Å². The third-order valence-corrected chi connectivity index (χ3v) is 6.58. The SMILES string of the molecule is C[C@@H]1CO[P@@](=S)(O[Si](C)(C)C)O1. The Labute approximate surface area is 79.8 Å². The van der Waals surface area contributed by atoms with Crippen LogP contribution in [0.15, 0.2) is 0 Å². The molecule has 3 nitrogen and oxygen atoms in total. The van der Waals surface area contributed by atoms with Gasteiger partial charge in [-0.15, -0.1) is 0 Å². The van der Waals surface area contributed by atoms with Crippen molar-refractivity contribution in [2.24, 2.45) is 0 Å². The highest BCUT2D eigenvalue weighted by Crippen LogP contribution is 2.56. The lowest BCUT2D eigenvalue weighted by Crippen LogP contribution is -2.23. The molecule has 0 amide bonds. The quantitative estimate of drug-likeness (QED) is 0.534. The Kier molecular flexibility index (Phi) is 3.14. The second kappa shape index (κ2) is 3.48. The van der Waals surface area contributed by atoms with E-state index in [0.717, 1.165) is 0 Å². The van der Waals surface area contributed by atoms with Crippen LogP contribution in [0.2, 0.25) is 19.6 Å². The molecule has 1 aliphatic rings. The molecule has 1 aliphatic heterocycles. The van der Waals surface area contributed by atoms with Crippen LogP contribution in [0.3, 0.4) is 0 Å². The summed E-state index contributed by atoms with van der Waals surface area (Å²) in [5.41, 5.74) is 0. The molecule has 0 aromatic carbocycles. The maximum absolute atomic E-state index is 5.68. The van der Waals surface area contributed by atoms with E-state index < -0.39 is 15.0 Å². The molecule has 0 N–H and O–H groups in total. The molecule has 1 fully saturated rings. The molecule has 0 radical (unpaired) electrons. The van der Waals surface area contributed by atoms with Crippen molar-refractivity contribution in [2.45, 2.75) is 32.7 Å². The molecule has 12 heavy (non-hydrogen) atoms. The Morgan fingerprint density at radius 3 is 2.42 bits per heavy atom. The van der Waals surface area contributed by atoms with Crippen molar-refractivity contribution in [3.8, 4) is 0 Å². The molecule has 72 valence electrons. The van der Waals surface area contributed by atoms with Gasteiger partial charge in [0.1, 0.15) is 0 Å². The zero-order chi connectivity index (χ0) is 9.41. The van der Waals surface area contributed by atoms with E-state index in [1.807, 2.05) is 6.92 Å². The topological polar surface area (TPSA) is 27.7 Å². The summed E-state index contributed by atoms with van der Waals surface area (Å²) in [4.78, 5) is 0. The van der Waals surface area contributed by atoms with E-state index in [1.54, 1.807) is 0 Å². The average molecular weight is 226 g/mol. The monoisotopic (exact) mass is 226 g/mol. The Hall–Kier alpha value is 0.747. The molecule has 0 aliphatic carbocycles. The summed E-state index contributed by atoms with van der Waals surface area (Å²) in [6.45, 7) is 6.40. The lowest BCUT2D eigenvalue weighted by Gasteiger charge is -2.23. The Bertz CT molecular complexity index is 215. The highest BCUT2D eigenvalue weighted by Gasteiger charge is 2.35. The Morgan fingerprint density at radius 1 is 1.50 bits per heavy atom. The van der Waals surface area contributed by atoms with Gasteiger partial charge in [-0.25, -0.2) is 0 Å². The van der Waals surface area contributed by atoms with Crippen molar-refractivity contribution < 1.29 is 13.3 Å². The third-order valence-electron chi connectivity index (χ3n) is 1.16. The highest BCUT2D eigenvalue weighted by atomic mass is 32.5. The van der Waals surface area contributed by atoms with Crippen molar-refractivity contribution in [1.29, 1.82) is 0 Å². The lowest BCUT2D eigenvalue weighted by atomic mass is 10.5. The predicted octanol–water partition coefficient (Wildman–Crippen LogP) is 2.50. The molecule has 0 unspecified atom stereocenters. The summed E-state index contributed by atoms with van der Waals surface area (Å²) in [5.74, 6) is 0. The van der Waals surface area contributed by atoms with Crippen molar-refractivity contribution in [1.82, 2.24) is 0 Å². The van der Waals surface area contributed by atoms with Crippen LogP contribution in [-0.2, 0) is 25.1 Å². The fourth-order valence-electron chi connectivity index (χ4n) is 0.861. The van der Waals surface area contributed by atoms with Crippen LogP contribution in [0, 0.1) is 0 Å². The van der Waals surface area contributed by atoms with Crippen LogP contribution in [-0.4, -0.2) is 21.0 Å². The van der Waals surface area contributed by atoms with Crippen molar-refractivity contribution >= 4 is 26.8 Å². The first kappa shape index (κ1) is 10.8. The molecular formula is C6H15O3PSSi. The molecule has 1 saturated heterocycles. The summed E-state index contributed by atoms with van der Waals surface area (Å²) in [5, 5.41) is 0. The minimum absolute atomic E-state index is 0.0900. The summed E-state index contributed by atoms with van der Waals surface area (Å²) in [7, 11) is -1.63. The van der Waals surface area contributed by atoms with Gasteiger partial charge in [-0.1, -0.05) is 0 Å². The molecule has 0 aromatic heterocycles. The average Bonchev–Trinajstić information content (AvgIpc) is 2.05. The fourth-order valence-corrected chi connectivity index (χ4v) is 7.52. The standard InChI is InChI=1S/C6H15O3PSSi/c1-6-5-7-10(11,8-6)9-12(2,3)4/h6H,5H2,1-4H3/t6-,10+/m1/s1. The predicted molar refractivity (Wildman–Crippen MR) is 55.2 cm³/mol. The summed E-state index contributed by atoms with van der Waals surface area (Å²) >= 11 is 5.17. The molecule has 0 bridgehead atoms. The van der Waals surface area contributed by atoms with Crippen LogP contribution in [0.25, 0.3) is 0 Å². The van der Waals surface area contributed by atoms with Gasteiger partial charge in [0, 0.05) is 0 Å². The smallest absolute Gasteiger partial charge is 0.317 e. The summed E-state index contributed by atoms with van der Waals surface area (Å²) < 4.78 is 16.5. The number of rotatable bonds is 2. The van der Waals surface area contributed by atoms with Gasteiger partial charge < -0.3 is 13.3 Å². The van der Waals surface area contributed by atoms with Gasteiger partial charge >= 0.3 is 6.72 Å². The maximum atomic E-state index is 5.68. The Morgan fingerprint density at radius 2 is 2.08 bits per heavy atom. The summed E-state index contributed by atoms with van der Waals surface area (Å²) in [6, 6.07) is 0. The number of hydrogen-bond acceptors (Lipinski definition) is 4. The van der Waals surface area contributed by atoms with E-state index in [1.165, 1.54) is 0 Å². The van der Waals surface area contributed by atoms with E-state index in [4.69, 9.17) is 25.1 Å². The highest BCUT2D eigenvalue weighted by molar-refractivity contribution is 8.08. The van der Waals surface area contributed by atoms with Crippen LogP contribution < -0.4 is 0 Å². The van der Waals surface area contributed by atoms with Crippen molar-refractivity contribution in [3.63, 3.8) is 0 Å². The fraction of sp³-hybridized carbons (Fsp3) is 1.00. The minimum atomic E-state index is -2.35. The molecule has 0 aromatic rings. The third kappa shape index (κ3) is 3.24. The van der Waals surface area contributed by atoms with Crippen LogP contribution in [0.4, 0.5) is 0 Å². The minimum Gasteiger partial charge on any atom is -0.351 e. The van der Waals surface area contributed by atoms with Crippen LogP contribution in [0.5, 0.6) is 0 Å². The normalized spacial score (nSPS) is 37.2. The zero-order valence-electron chi connectivity index (χ0n) is 7.86. The maximum Gasteiger partial charge on any atom is 0.317 e. The van der Waals surface area contributed by atoms with Crippen LogP contribution >= 0.6 is 6.72 Å². The van der Waals surface area contributed by atoms with Gasteiger partial charge in [-0.2, -0.15) is 0 Å². The molecular weight excluding hydrogens is 211 g/mol. The molecule has 0 spiro atoms. The zero-order valence-corrected chi connectivity index (χ0v) is 10.6. The largest absolute Gasteiger partial charge is 0.351 e. The van der Waals surface area contributed by atoms with E-state index in [0.29, 0.717) is 6.61 Å². The van der Waals surface area contributed by atoms with E-state index in [9.17, 15) is 0 Å². The van der Waals surface area contributed by atoms with Crippen molar-refractivity contribution in [3.05, 3.63) is 0 Å². The first-order valence-electron chi connectivity index (χ1n) is 3.94. The molecule has 1 heterocycles. The first-order valence-corrected chi connectivity index (χ1v) is 9.91. The molecule has 1 rings (SSSR count). The van der Waals surface area contributed by atoms with Crippen LogP contribution in [0.1, 0.15) is 6.92 Å². The molecule has 2 atom stereocenters. The number of hydrogen-bond donors (Lipinski definition) is 0. The van der Waals surface area contributed by atoms with Gasteiger partial charge in [0.05, 0.1) is 12.7 Å². The van der Waals surface area contributed by atoms with Gasteiger partial charge in [0.25, 0.3) is 0 Å². The lowest BCUT2D eigenvalue weighted by molar-refractivity contribution is 0.256.